The van der Waals surface area contributed by atoms with Gasteiger partial charge in [0.25, 0.3) is 5.91 Å². The van der Waals surface area contributed by atoms with Gasteiger partial charge >= 0.3 is 0 Å². The van der Waals surface area contributed by atoms with E-state index in [0.29, 0.717) is 30.0 Å². The number of amides is 3. The Kier molecular flexibility index (Phi) is 4.90. The van der Waals surface area contributed by atoms with Crippen molar-refractivity contribution in [2.45, 2.75) is 70.1 Å². The molecule has 1 aromatic rings. The van der Waals surface area contributed by atoms with E-state index in [0.717, 1.165) is 44.5 Å². The van der Waals surface area contributed by atoms with E-state index in [-0.39, 0.29) is 24.1 Å². The van der Waals surface area contributed by atoms with Crippen molar-refractivity contribution in [2.24, 2.45) is 11.1 Å². The van der Waals surface area contributed by atoms with E-state index >= 15 is 0 Å². The Labute approximate surface area is 177 Å². The van der Waals surface area contributed by atoms with Crippen LogP contribution in [0.1, 0.15) is 66.4 Å². The lowest BCUT2D eigenvalue weighted by Gasteiger charge is -2.42. The zero-order chi connectivity index (χ0) is 20.9. The Morgan fingerprint density at radius 3 is 2.60 bits per heavy atom. The maximum Gasteiger partial charge on any atom is 0.255 e. The highest BCUT2D eigenvalue weighted by atomic mass is 16.2. The lowest BCUT2D eigenvalue weighted by Crippen LogP contribution is -2.52. The molecule has 1 aliphatic carbocycles. The number of imide groups is 1. The third-order valence-electron chi connectivity index (χ3n) is 7.90. The molecule has 0 bridgehead atoms. The minimum Gasteiger partial charge on any atom is -0.327 e. The van der Waals surface area contributed by atoms with Crippen LogP contribution < -0.4 is 11.1 Å². The van der Waals surface area contributed by atoms with Gasteiger partial charge in [-0.15, -0.1) is 0 Å². The summed E-state index contributed by atoms with van der Waals surface area (Å²) in [4.78, 5) is 40.9. The smallest absolute Gasteiger partial charge is 0.255 e. The Hall–Kier alpha value is -2.25. The fourth-order valence-corrected chi connectivity index (χ4v) is 5.98. The van der Waals surface area contributed by atoms with E-state index < -0.39 is 6.04 Å². The molecule has 1 aromatic carbocycles. The molecule has 0 radical (unpaired) electrons. The molecule has 2 saturated heterocycles. The SMILES string of the molecule is NC1CCCC12CCN(Cc1cccc3c1CN(C1CCC(=O)NC1=O)C3=O)CC2. The van der Waals surface area contributed by atoms with Crippen LogP contribution in [0, 0.1) is 5.41 Å². The van der Waals surface area contributed by atoms with Crippen LogP contribution in [-0.2, 0) is 22.7 Å². The second kappa shape index (κ2) is 7.46. The van der Waals surface area contributed by atoms with E-state index in [2.05, 4.69) is 16.3 Å². The van der Waals surface area contributed by atoms with Gasteiger partial charge in [-0.2, -0.15) is 0 Å². The maximum absolute atomic E-state index is 13.0. The van der Waals surface area contributed by atoms with Gasteiger partial charge in [-0.25, -0.2) is 0 Å². The van der Waals surface area contributed by atoms with Crippen molar-refractivity contribution in [1.29, 1.82) is 0 Å². The van der Waals surface area contributed by atoms with Gasteiger partial charge in [-0.05, 0) is 67.8 Å². The number of carbonyl (C=O) groups is 3. The molecule has 160 valence electrons. The largest absolute Gasteiger partial charge is 0.327 e. The van der Waals surface area contributed by atoms with E-state index in [4.69, 9.17) is 5.73 Å². The Balaban J connectivity index is 1.29. The summed E-state index contributed by atoms with van der Waals surface area (Å²) in [6.45, 7) is 3.36. The van der Waals surface area contributed by atoms with Crippen LogP contribution >= 0.6 is 0 Å². The molecule has 5 rings (SSSR count). The summed E-state index contributed by atoms with van der Waals surface area (Å²) in [6.07, 6.45) is 6.67. The quantitative estimate of drug-likeness (QED) is 0.737. The number of nitrogens with one attached hydrogen (secondary N) is 1. The molecule has 3 aliphatic heterocycles. The number of piperidine rings is 2. The molecule has 30 heavy (non-hydrogen) atoms. The standard InChI is InChI=1S/C23H30N4O3/c24-19-5-2-8-23(19)9-11-26(12-10-23)13-15-3-1-4-16-17(15)14-27(22(16)30)18-6-7-20(28)25-21(18)29/h1,3-4,18-19H,2,5-14,24H2,(H,25,28,29). The van der Waals surface area contributed by atoms with E-state index in [1.807, 2.05) is 12.1 Å². The zero-order valence-corrected chi connectivity index (χ0v) is 17.4. The normalized spacial score (nSPS) is 28.8. The van der Waals surface area contributed by atoms with Crippen molar-refractivity contribution in [3.05, 3.63) is 34.9 Å². The highest BCUT2D eigenvalue weighted by Crippen LogP contribution is 2.45. The van der Waals surface area contributed by atoms with Crippen molar-refractivity contribution in [3.63, 3.8) is 0 Å². The number of nitrogens with zero attached hydrogens (tertiary/aromatic N) is 2. The Bertz CT molecular complexity index is 890. The lowest BCUT2D eigenvalue weighted by atomic mass is 9.74. The molecule has 0 aromatic heterocycles. The molecule has 2 atom stereocenters. The van der Waals surface area contributed by atoms with Crippen molar-refractivity contribution in [2.75, 3.05) is 13.1 Å². The fraction of sp³-hybridized carbons (Fsp3) is 0.609. The molecular weight excluding hydrogens is 380 g/mol. The van der Waals surface area contributed by atoms with Crippen LogP contribution in [0.5, 0.6) is 0 Å². The molecule has 3 N–H and O–H groups in total. The van der Waals surface area contributed by atoms with Crippen LogP contribution in [0.15, 0.2) is 18.2 Å². The van der Waals surface area contributed by atoms with Gasteiger partial charge in [0.15, 0.2) is 0 Å². The predicted octanol–water partition coefficient (Wildman–Crippen LogP) is 1.54. The molecule has 3 fully saturated rings. The summed E-state index contributed by atoms with van der Waals surface area (Å²) in [7, 11) is 0. The van der Waals surface area contributed by atoms with Crippen LogP contribution in [0.25, 0.3) is 0 Å². The highest BCUT2D eigenvalue weighted by Gasteiger charge is 2.43. The number of nitrogens with two attached hydrogens (primary N) is 1. The molecule has 4 aliphatic rings. The average molecular weight is 411 g/mol. The Morgan fingerprint density at radius 1 is 1.10 bits per heavy atom. The van der Waals surface area contributed by atoms with Gasteiger partial charge in [-0.1, -0.05) is 18.6 Å². The molecule has 1 saturated carbocycles. The summed E-state index contributed by atoms with van der Waals surface area (Å²) in [5.74, 6) is -0.718. The predicted molar refractivity (Wildman–Crippen MR) is 111 cm³/mol. The monoisotopic (exact) mass is 410 g/mol. The van der Waals surface area contributed by atoms with E-state index in [9.17, 15) is 14.4 Å². The number of likely N-dealkylation sites (tertiary alicyclic amines) is 1. The first kappa shape index (κ1) is 19.7. The van der Waals surface area contributed by atoms with Gasteiger partial charge in [0.05, 0.1) is 0 Å². The van der Waals surface area contributed by atoms with Crippen LogP contribution in [0.4, 0.5) is 0 Å². The number of fused-ring (bicyclic) bond motifs is 1. The maximum atomic E-state index is 13.0. The van der Waals surface area contributed by atoms with Crippen LogP contribution in [0.3, 0.4) is 0 Å². The van der Waals surface area contributed by atoms with Gasteiger partial charge < -0.3 is 10.6 Å². The third-order valence-corrected chi connectivity index (χ3v) is 7.90. The molecule has 2 unspecified atom stereocenters. The zero-order valence-electron chi connectivity index (χ0n) is 17.4. The molecular formula is C23H30N4O3. The highest BCUT2D eigenvalue weighted by molar-refractivity contribution is 6.05. The second-order valence-electron chi connectivity index (χ2n) is 9.48. The molecule has 1 spiro atoms. The number of carbonyl (C=O) groups excluding carboxylic acids is 3. The third kappa shape index (κ3) is 3.24. The average Bonchev–Trinajstić information content (AvgIpc) is 3.25. The first-order chi connectivity index (χ1) is 14.5. The molecule has 3 amide bonds. The van der Waals surface area contributed by atoms with Crippen LogP contribution in [0.2, 0.25) is 0 Å². The van der Waals surface area contributed by atoms with Crippen molar-refractivity contribution in [1.82, 2.24) is 15.1 Å². The fourth-order valence-electron chi connectivity index (χ4n) is 5.98. The summed E-state index contributed by atoms with van der Waals surface area (Å²) < 4.78 is 0. The number of rotatable bonds is 3. The topological polar surface area (TPSA) is 95.7 Å². The molecule has 3 heterocycles. The van der Waals surface area contributed by atoms with E-state index in [1.54, 1.807) is 4.90 Å². The minimum atomic E-state index is -0.561. The lowest BCUT2D eigenvalue weighted by molar-refractivity contribution is -0.136. The van der Waals surface area contributed by atoms with Crippen molar-refractivity contribution >= 4 is 17.7 Å². The first-order valence-corrected chi connectivity index (χ1v) is 11.2. The first-order valence-electron chi connectivity index (χ1n) is 11.2. The van der Waals surface area contributed by atoms with E-state index in [1.165, 1.54) is 18.4 Å². The summed E-state index contributed by atoms with van der Waals surface area (Å²) in [5.41, 5.74) is 9.66. The van der Waals surface area contributed by atoms with Gasteiger partial charge in [0.2, 0.25) is 11.8 Å². The number of hydrogen-bond donors (Lipinski definition) is 2. The van der Waals surface area contributed by atoms with Gasteiger partial charge in [-0.3, -0.25) is 24.6 Å². The Morgan fingerprint density at radius 2 is 1.90 bits per heavy atom. The van der Waals surface area contributed by atoms with Crippen molar-refractivity contribution in [3.8, 4) is 0 Å². The van der Waals surface area contributed by atoms with Gasteiger partial charge in [0.1, 0.15) is 6.04 Å². The number of hydrogen-bond acceptors (Lipinski definition) is 5. The molecule has 7 nitrogen and oxygen atoms in total. The van der Waals surface area contributed by atoms with Crippen LogP contribution in [-0.4, -0.2) is 52.7 Å². The number of benzene rings is 1. The minimum absolute atomic E-state index is 0.101. The van der Waals surface area contributed by atoms with Crippen molar-refractivity contribution < 1.29 is 14.4 Å². The second-order valence-corrected chi connectivity index (χ2v) is 9.48. The summed E-state index contributed by atoms with van der Waals surface area (Å²) in [5, 5.41) is 2.37. The molecule has 7 heteroatoms. The summed E-state index contributed by atoms with van der Waals surface area (Å²) >= 11 is 0. The summed E-state index contributed by atoms with van der Waals surface area (Å²) in [6, 6.07) is 5.69. The van der Waals surface area contributed by atoms with Gasteiger partial charge in [0, 0.05) is 31.1 Å².